The molecular weight excluding hydrogens is 462 g/mol. The molecule has 0 radical (unpaired) electrons. The van der Waals surface area contributed by atoms with Crippen molar-refractivity contribution in [3.63, 3.8) is 0 Å². The number of para-hydroxylation sites is 1. The molecule has 1 aliphatic heterocycles. The first-order valence-electron chi connectivity index (χ1n) is 11.1. The number of nitrogens with zero attached hydrogens (tertiary/aromatic N) is 1. The predicted molar refractivity (Wildman–Crippen MR) is 136 cm³/mol. The molecular formula is C29H18ClNO4. The van der Waals surface area contributed by atoms with Crippen LogP contribution in [-0.4, -0.2) is 16.8 Å². The molecule has 35 heavy (non-hydrogen) atoms. The summed E-state index contributed by atoms with van der Waals surface area (Å²) < 4.78 is 5.81. The van der Waals surface area contributed by atoms with Gasteiger partial charge < -0.3 is 9.52 Å². The lowest BCUT2D eigenvalue weighted by Gasteiger charge is -2.27. The van der Waals surface area contributed by atoms with Crippen LogP contribution in [0, 0.1) is 0 Å². The van der Waals surface area contributed by atoms with Crippen LogP contribution < -0.4 is 4.90 Å². The van der Waals surface area contributed by atoms with Crippen LogP contribution in [0.5, 0.6) is 0 Å². The van der Waals surface area contributed by atoms with E-state index in [1.54, 1.807) is 36.4 Å². The van der Waals surface area contributed by atoms with E-state index in [2.05, 4.69) is 0 Å². The number of hydrogen-bond donors (Lipinski definition) is 1. The maximum absolute atomic E-state index is 13.8. The third-order valence-corrected chi connectivity index (χ3v) is 6.58. The molecule has 170 valence electrons. The molecule has 4 aromatic carbocycles. The van der Waals surface area contributed by atoms with Crippen molar-refractivity contribution in [2.75, 3.05) is 4.90 Å². The second-order valence-electron chi connectivity index (χ2n) is 8.36. The lowest BCUT2D eigenvalue weighted by atomic mass is 9.91. The number of fused-ring (bicyclic) bond motifs is 2. The molecule has 0 bridgehead atoms. The normalized spacial score (nSPS) is 16.0. The first kappa shape index (κ1) is 21.2. The van der Waals surface area contributed by atoms with Gasteiger partial charge in [-0.1, -0.05) is 72.3 Å². The number of aliphatic hydroxyl groups excluding tert-OH is 1. The van der Waals surface area contributed by atoms with Gasteiger partial charge in [0, 0.05) is 16.1 Å². The SMILES string of the molecule is O=C(C1=C(O)C(=O)N(c2ccc(Cl)cc2)C1c1cccc2ccccc12)c1cc2ccccc2o1. The molecule has 1 amide bonds. The number of benzene rings is 4. The van der Waals surface area contributed by atoms with Crippen LogP contribution in [0.4, 0.5) is 5.69 Å². The van der Waals surface area contributed by atoms with Crippen molar-refractivity contribution in [2.24, 2.45) is 0 Å². The van der Waals surface area contributed by atoms with E-state index in [9.17, 15) is 14.7 Å². The van der Waals surface area contributed by atoms with E-state index in [0.717, 1.165) is 21.7 Å². The number of ketones is 1. The monoisotopic (exact) mass is 479 g/mol. The van der Waals surface area contributed by atoms with E-state index < -0.39 is 23.5 Å². The van der Waals surface area contributed by atoms with E-state index in [4.69, 9.17) is 16.0 Å². The van der Waals surface area contributed by atoms with E-state index in [-0.39, 0.29) is 11.3 Å². The highest BCUT2D eigenvalue weighted by molar-refractivity contribution is 6.30. The summed E-state index contributed by atoms with van der Waals surface area (Å²) in [5, 5.41) is 14.2. The summed E-state index contributed by atoms with van der Waals surface area (Å²) in [6.45, 7) is 0. The summed E-state index contributed by atoms with van der Waals surface area (Å²) >= 11 is 6.08. The van der Waals surface area contributed by atoms with Crippen molar-refractivity contribution in [3.8, 4) is 0 Å². The van der Waals surface area contributed by atoms with Crippen LogP contribution in [0.2, 0.25) is 5.02 Å². The number of rotatable bonds is 4. The van der Waals surface area contributed by atoms with Crippen molar-refractivity contribution >= 4 is 50.7 Å². The Bertz CT molecular complexity index is 1630. The second kappa shape index (κ2) is 8.15. The molecule has 1 atom stereocenters. The van der Waals surface area contributed by atoms with Gasteiger partial charge in [0.25, 0.3) is 5.91 Å². The molecule has 2 heterocycles. The fraction of sp³-hybridized carbons (Fsp3) is 0.0345. The Morgan fingerprint density at radius 2 is 1.54 bits per heavy atom. The van der Waals surface area contributed by atoms with Gasteiger partial charge in [-0.25, -0.2) is 0 Å². The molecule has 0 fully saturated rings. The number of halogens is 1. The van der Waals surface area contributed by atoms with Crippen LogP contribution in [0.15, 0.2) is 113 Å². The van der Waals surface area contributed by atoms with Crippen molar-refractivity contribution in [2.45, 2.75) is 6.04 Å². The second-order valence-corrected chi connectivity index (χ2v) is 8.80. The molecule has 0 spiro atoms. The Kier molecular flexibility index (Phi) is 4.94. The number of furan rings is 1. The molecule has 0 aliphatic carbocycles. The molecule has 6 heteroatoms. The van der Waals surface area contributed by atoms with Crippen LogP contribution in [0.25, 0.3) is 21.7 Å². The van der Waals surface area contributed by atoms with Gasteiger partial charge in [-0.3, -0.25) is 14.5 Å². The lowest BCUT2D eigenvalue weighted by Crippen LogP contribution is -2.31. The van der Waals surface area contributed by atoms with Crippen LogP contribution >= 0.6 is 11.6 Å². The summed E-state index contributed by atoms with van der Waals surface area (Å²) in [4.78, 5) is 28.7. The minimum absolute atomic E-state index is 0.0274. The zero-order chi connectivity index (χ0) is 24.1. The first-order chi connectivity index (χ1) is 17.0. The highest BCUT2D eigenvalue weighted by atomic mass is 35.5. The minimum Gasteiger partial charge on any atom is -0.503 e. The number of anilines is 1. The van der Waals surface area contributed by atoms with Crippen molar-refractivity contribution < 1.29 is 19.1 Å². The molecule has 0 saturated heterocycles. The number of carbonyl (C=O) groups excluding carboxylic acids is 2. The van der Waals surface area contributed by atoms with E-state index in [1.807, 2.05) is 60.7 Å². The Balaban J connectivity index is 1.57. The van der Waals surface area contributed by atoms with Crippen molar-refractivity contribution in [3.05, 3.63) is 125 Å². The van der Waals surface area contributed by atoms with Crippen molar-refractivity contribution in [1.82, 2.24) is 0 Å². The van der Waals surface area contributed by atoms with Gasteiger partial charge >= 0.3 is 0 Å². The number of carbonyl (C=O) groups is 2. The molecule has 1 aromatic heterocycles. The van der Waals surface area contributed by atoms with Crippen molar-refractivity contribution in [1.29, 1.82) is 0 Å². The molecule has 1 unspecified atom stereocenters. The van der Waals surface area contributed by atoms with Crippen LogP contribution in [-0.2, 0) is 4.79 Å². The first-order valence-corrected chi connectivity index (χ1v) is 11.4. The average molecular weight is 480 g/mol. The standard InChI is InChI=1S/C29H18ClNO4/c30-19-12-14-20(15-13-19)31-26(22-10-5-8-17-6-1-3-9-21(17)22)25(28(33)29(31)34)27(32)24-16-18-7-2-4-11-23(18)35-24/h1-16,26,33H. The fourth-order valence-corrected chi connectivity index (χ4v) is 4.84. The van der Waals surface area contributed by atoms with Gasteiger partial charge in [-0.2, -0.15) is 0 Å². The molecule has 0 saturated carbocycles. The molecule has 1 N–H and O–H groups in total. The number of hydrogen-bond acceptors (Lipinski definition) is 4. The van der Waals surface area contributed by atoms with Crippen LogP contribution in [0.3, 0.4) is 0 Å². The van der Waals surface area contributed by atoms with Gasteiger partial charge in [0.05, 0.1) is 11.6 Å². The predicted octanol–water partition coefficient (Wildman–Crippen LogP) is 7.02. The van der Waals surface area contributed by atoms with Gasteiger partial charge in [0.1, 0.15) is 5.58 Å². The topological polar surface area (TPSA) is 70.8 Å². The van der Waals surface area contributed by atoms with Gasteiger partial charge in [0.15, 0.2) is 11.5 Å². The summed E-state index contributed by atoms with van der Waals surface area (Å²) in [5.41, 5.74) is 1.75. The third-order valence-electron chi connectivity index (χ3n) is 6.32. The van der Waals surface area contributed by atoms with E-state index in [1.165, 1.54) is 4.90 Å². The van der Waals surface area contributed by atoms with Gasteiger partial charge in [-0.15, -0.1) is 0 Å². The Labute approximate surface area is 205 Å². The zero-order valence-corrected chi connectivity index (χ0v) is 19.1. The smallest absolute Gasteiger partial charge is 0.294 e. The molecule has 6 rings (SSSR count). The summed E-state index contributed by atoms with van der Waals surface area (Å²) in [6.07, 6.45) is 0. The van der Waals surface area contributed by atoms with Crippen LogP contribution in [0.1, 0.15) is 22.2 Å². The summed E-state index contributed by atoms with van der Waals surface area (Å²) in [7, 11) is 0. The summed E-state index contributed by atoms with van der Waals surface area (Å²) in [6, 6.07) is 28.2. The van der Waals surface area contributed by atoms with Gasteiger partial charge in [0.2, 0.25) is 5.78 Å². The molecule has 5 nitrogen and oxygen atoms in total. The largest absolute Gasteiger partial charge is 0.503 e. The zero-order valence-electron chi connectivity index (χ0n) is 18.3. The Morgan fingerprint density at radius 1 is 0.857 bits per heavy atom. The highest BCUT2D eigenvalue weighted by Crippen LogP contribution is 2.44. The lowest BCUT2D eigenvalue weighted by molar-refractivity contribution is -0.117. The third kappa shape index (κ3) is 3.40. The molecule has 1 aliphatic rings. The minimum atomic E-state index is -0.865. The Hall–Kier alpha value is -4.35. The fourth-order valence-electron chi connectivity index (χ4n) is 4.71. The average Bonchev–Trinajstić information content (AvgIpc) is 3.43. The number of Topliss-reactive ketones (excluding diaryl/α,β-unsaturated/α-hetero) is 1. The quantitative estimate of drug-likeness (QED) is 0.281. The maximum atomic E-state index is 13.8. The Morgan fingerprint density at radius 3 is 2.31 bits per heavy atom. The highest BCUT2D eigenvalue weighted by Gasteiger charge is 2.45. The number of aliphatic hydroxyl groups is 1. The molecule has 5 aromatic rings. The number of amides is 1. The van der Waals surface area contributed by atoms with E-state index >= 15 is 0 Å². The van der Waals surface area contributed by atoms with Gasteiger partial charge in [-0.05, 0) is 52.7 Å². The maximum Gasteiger partial charge on any atom is 0.294 e. The van der Waals surface area contributed by atoms with E-state index in [0.29, 0.717) is 16.3 Å². The summed E-state index contributed by atoms with van der Waals surface area (Å²) in [5.74, 6) is -1.74.